The molecule has 2 aliphatic rings. The van der Waals surface area contributed by atoms with Crippen molar-refractivity contribution >= 4 is 5.91 Å². The van der Waals surface area contributed by atoms with Crippen LogP contribution in [0, 0.1) is 5.92 Å². The number of fused-ring (bicyclic) bond motifs is 1. The second-order valence-corrected chi connectivity index (χ2v) is 6.28. The molecule has 0 aromatic carbocycles. The fourth-order valence-electron chi connectivity index (χ4n) is 3.40. The summed E-state index contributed by atoms with van der Waals surface area (Å²) >= 11 is 0. The van der Waals surface area contributed by atoms with Gasteiger partial charge in [0.25, 0.3) is 5.91 Å². The third kappa shape index (κ3) is 2.95. The van der Waals surface area contributed by atoms with Crippen LogP contribution in [0.4, 0.5) is 0 Å². The van der Waals surface area contributed by atoms with Gasteiger partial charge >= 0.3 is 0 Å². The maximum atomic E-state index is 12.5. The molecule has 0 bridgehead atoms. The Labute approximate surface area is 124 Å². The van der Waals surface area contributed by atoms with Crippen molar-refractivity contribution in [1.29, 1.82) is 0 Å². The second-order valence-electron chi connectivity index (χ2n) is 6.28. The number of hydrogen-bond donors (Lipinski definition) is 2. The fraction of sp³-hybridized carbons (Fsp3) is 0.800. The molecule has 1 aliphatic heterocycles. The molecule has 1 aromatic heterocycles. The summed E-state index contributed by atoms with van der Waals surface area (Å²) in [5, 5.41) is 20.8. The molecule has 1 fully saturated rings. The van der Waals surface area contributed by atoms with Gasteiger partial charge in [-0.15, -0.1) is 10.2 Å². The molecule has 1 aromatic rings. The fourth-order valence-corrected chi connectivity index (χ4v) is 3.40. The SMILES string of the molecule is CC[C@H](NC(=O)c1nnc2n1CCCCC2)C1CC(O)C1. The van der Waals surface area contributed by atoms with E-state index in [2.05, 4.69) is 22.4 Å². The van der Waals surface area contributed by atoms with Crippen molar-refractivity contribution in [2.24, 2.45) is 5.92 Å². The van der Waals surface area contributed by atoms with Crippen LogP contribution in [0.2, 0.25) is 0 Å². The highest BCUT2D eigenvalue weighted by atomic mass is 16.3. The number of rotatable bonds is 4. The Morgan fingerprint density at radius 3 is 2.90 bits per heavy atom. The van der Waals surface area contributed by atoms with Crippen LogP contribution in [0.3, 0.4) is 0 Å². The number of nitrogens with zero attached hydrogens (tertiary/aromatic N) is 3. The molecule has 116 valence electrons. The monoisotopic (exact) mass is 292 g/mol. The van der Waals surface area contributed by atoms with Gasteiger partial charge < -0.3 is 15.0 Å². The number of hydrogen-bond acceptors (Lipinski definition) is 4. The van der Waals surface area contributed by atoms with Crippen molar-refractivity contribution < 1.29 is 9.90 Å². The topological polar surface area (TPSA) is 80.0 Å². The van der Waals surface area contributed by atoms with Crippen LogP contribution in [0.5, 0.6) is 0 Å². The second kappa shape index (κ2) is 6.13. The Balaban J connectivity index is 1.69. The van der Waals surface area contributed by atoms with Crippen molar-refractivity contribution in [3.05, 3.63) is 11.6 Å². The summed E-state index contributed by atoms with van der Waals surface area (Å²) in [5.74, 6) is 1.65. The van der Waals surface area contributed by atoms with E-state index in [-0.39, 0.29) is 18.1 Å². The summed E-state index contributed by atoms with van der Waals surface area (Å²) in [6, 6.07) is 0.125. The average molecular weight is 292 g/mol. The third-order valence-corrected chi connectivity index (χ3v) is 4.79. The number of aliphatic hydroxyl groups excluding tert-OH is 1. The third-order valence-electron chi connectivity index (χ3n) is 4.79. The Morgan fingerprint density at radius 1 is 1.38 bits per heavy atom. The summed E-state index contributed by atoms with van der Waals surface area (Å²) in [5.41, 5.74) is 0. The van der Waals surface area contributed by atoms with E-state index in [1.54, 1.807) is 0 Å². The van der Waals surface area contributed by atoms with Crippen LogP contribution in [0.25, 0.3) is 0 Å². The lowest BCUT2D eigenvalue weighted by Gasteiger charge is -2.37. The van der Waals surface area contributed by atoms with Gasteiger partial charge in [0, 0.05) is 19.0 Å². The summed E-state index contributed by atoms with van der Waals surface area (Å²) in [7, 11) is 0. The molecule has 1 saturated carbocycles. The van der Waals surface area contributed by atoms with Crippen molar-refractivity contribution in [1.82, 2.24) is 20.1 Å². The number of aromatic nitrogens is 3. The molecule has 0 saturated heterocycles. The molecule has 0 unspecified atom stereocenters. The predicted octanol–water partition coefficient (Wildman–Crippen LogP) is 1.28. The smallest absolute Gasteiger partial charge is 0.289 e. The lowest BCUT2D eigenvalue weighted by molar-refractivity contribution is 0.0231. The molecular weight excluding hydrogens is 268 g/mol. The van der Waals surface area contributed by atoms with Gasteiger partial charge in [0.05, 0.1) is 6.10 Å². The molecule has 2 N–H and O–H groups in total. The van der Waals surface area contributed by atoms with Crippen LogP contribution in [0.1, 0.15) is 61.9 Å². The van der Waals surface area contributed by atoms with E-state index in [1.807, 2.05) is 4.57 Å². The minimum absolute atomic E-state index is 0.121. The van der Waals surface area contributed by atoms with Crippen molar-refractivity contribution in [2.75, 3.05) is 0 Å². The first-order valence-corrected chi connectivity index (χ1v) is 8.10. The zero-order chi connectivity index (χ0) is 14.8. The molecule has 0 spiro atoms. The minimum atomic E-state index is -0.190. The number of amides is 1. The first-order valence-electron chi connectivity index (χ1n) is 8.10. The standard InChI is InChI=1S/C15H24N4O2/c1-2-12(10-8-11(20)9-10)16-15(21)14-18-17-13-6-4-3-5-7-19(13)14/h10-12,20H,2-9H2,1H3,(H,16,21)/t10?,11?,12-/m0/s1. The quantitative estimate of drug-likeness (QED) is 0.876. The highest BCUT2D eigenvalue weighted by Gasteiger charge is 2.34. The van der Waals surface area contributed by atoms with E-state index in [9.17, 15) is 9.90 Å². The van der Waals surface area contributed by atoms with Gasteiger partial charge in [-0.2, -0.15) is 0 Å². The normalized spacial score (nSPS) is 26.4. The van der Waals surface area contributed by atoms with Gasteiger partial charge in [-0.25, -0.2) is 0 Å². The molecule has 1 atom stereocenters. The number of aliphatic hydroxyl groups is 1. The van der Waals surface area contributed by atoms with E-state index in [0.29, 0.717) is 11.7 Å². The summed E-state index contributed by atoms with van der Waals surface area (Å²) in [4.78, 5) is 12.5. The number of nitrogens with one attached hydrogen (secondary N) is 1. The van der Waals surface area contributed by atoms with Gasteiger partial charge in [0.1, 0.15) is 5.82 Å². The van der Waals surface area contributed by atoms with Gasteiger partial charge in [0.15, 0.2) is 0 Å². The van der Waals surface area contributed by atoms with Gasteiger partial charge in [-0.3, -0.25) is 4.79 Å². The average Bonchev–Trinajstić information content (AvgIpc) is 2.70. The van der Waals surface area contributed by atoms with E-state index < -0.39 is 0 Å². The predicted molar refractivity (Wildman–Crippen MR) is 77.9 cm³/mol. The van der Waals surface area contributed by atoms with Crippen LogP contribution in [-0.2, 0) is 13.0 Å². The van der Waals surface area contributed by atoms with E-state index in [0.717, 1.165) is 50.9 Å². The first kappa shape index (κ1) is 14.5. The highest BCUT2D eigenvalue weighted by Crippen LogP contribution is 2.31. The lowest BCUT2D eigenvalue weighted by atomic mass is 9.76. The summed E-state index contributed by atoms with van der Waals surface area (Å²) in [6.07, 6.45) is 6.56. The van der Waals surface area contributed by atoms with Crippen LogP contribution in [0.15, 0.2) is 0 Å². The molecule has 6 nitrogen and oxygen atoms in total. The van der Waals surface area contributed by atoms with Crippen molar-refractivity contribution in [3.8, 4) is 0 Å². The van der Waals surface area contributed by atoms with E-state index >= 15 is 0 Å². The molecule has 21 heavy (non-hydrogen) atoms. The van der Waals surface area contributed by atoms with Crippen molar-refractivity contribution in [3.63, 3.8) is 0 Å². The van der Waals surface area contributed by atoms with Crippen LogP contribution < -0.4 is 5.32 Å². The van der Waals surface area contributed by atoms with E-state index in [4.69, 9.17) is 0 Å². The zero-order valence-corrected chi connectivity index (χ0v) is 12.6. The maximum absolute atomic E-state index is 12.5. The highest BCUT2D eigenvalue weighted by molar-refractivity contribution is 5.91. The molecule has 1 amide bonds. The van der Waals surface area contributed by atoms with Crippen LogP contribution in [-0.4, -0.2) is 37.9 Å². The molecule has 0 radical (unpaired) electrons. The van der Waals surface area contributed by atoms with Gasteiger partial charge in [-0.1, -0.05) is 13.3 Å². The van der Waals surface area contributed by atoms with Gasteiger partial charge in [0.2, 0.25) is 5.82 Å². The Kier molecular flexibility index (Phi) is 4.24. The molecule has 1 aliphatic carbocycles. The molecule has 6 heteroatoms. The van der Waals surface area contributed by atoms with Gasteiger partial charge in [-0.05, 0) is 38.0 Å². The largest absolute Gasteiger partial charge is 0.393 e. The molecule has 2 heterocycles. The Bertz CT molecular complexity index is 508. The maximum Gasteiger partial charge on any atom is 0.289 e. The number of carbonyl (C=O) groups excluding carboxylic acids is 1. The first-order chi connectivity index (χ1) is 10.2. The Morgan fingerprint density at radius 2 is 2.19 bits per heavy atom. The summed E-state index contributed by atoms with van der Waals surface area (Å²) < 4.78 is 1.98. The van der Waals surface area contributed by atoms with Crippen LogP contribution >= 0.6 is 0 Å². The molecule has 3 rings (SSSR count). The minimum Gasteiger partial charge on any atom is -0.393 e. The zero-order valence-electron chi connectivity index (χ0n) is 12.6. The Hall–Kier alpha value is -1.43. The van der Waals surface area contributed by atoms with E-state index in [1.165, 1.54) is 6.42 Å². The lowest BCUT2D eigenvalue weighted by Crippen LogP contribution is -2.47. The number of carbonyl (C=O) groups is 1. The molecular formula is C15H24N4O2. The summed E-state index contributed by atoms with van der Waals surface area (Å²) in [6.45, 7) is 2.91. The number of aryl methyl sites for hydroxylation is 1. The van der Waals surface area contributed by atoms with Crippen molar-refractivity contribution in [2.45, 2.75) is 70.6 Å².